The first-order chi connectivity index (χ1) is 12.8. The molecule has 1 aromatic carbocycles. The highest BCUT2D eigenvalue weighted by molar-refractivity contribution is 8.19. The van der Waals surface area contributed by atoms with Gasteiger partial charge in [0.1, 0.15) is 6.54 Å². The highest BCUT2D eigenvalue weighted by atomic mass is 32.2. The summed E-state index contributed by atoms with van der Waals surface area (Å²) in [6.45, 7) is 4.67. The number of aromatic nitrogens is 1. The van der Waals surface area contributed by atoms with E-state index in [1.165, 1.54) is 27.5 Å². The van der Waals surface area contributed by atoms with E-state index < -0.39 is 0 Å². The zero-order valence-corrected chi connectivity index (χ0v) is 16.4. The number of benzene rings is 1. The number of pyridine rings is 1. The van der Waals surface area contributed by atoms with Crippen molar-refractivity contribution >= 4 is 29.4 Å². The van der Waals surface area contributed by atoms with Crippen LogP contribution in [0.25, 0.3) is 0 Å². The Morgan fingerprint density at radius 1 is 1.04 bits per heavy atom. The van der Waals surface area contributed by atoms with Gasteiger partial charge in [-0.25, -0.2) is 0 Å². The van der Waals surface area contributed by atoms with E-state index in [-0.39, 0.29) is 5.91 Å². The predicted molar refractivity (Wildman–Crippen MR) is 109 cm³/mol. The Hall–Kier alpha value is -1.50. The Balaban J connectivity index is 1.31. The second-order valence-corrected chi connectivity index (χ2v) is 9.49. The van der Waals surface area contributed by atoms with Crippen LogP contribution in [0.1, 0.15) is 26.1 Å². The molecule has 136 valence electrons. The number of nitrogens with zero attached hydrogens (tertiary/aromatic N) is 2. The third-order valence-electron chi connectivity index (χ3n) is 5.01. The lowest BCUT2D eigenvalue weighted by Crippen LogP contribution is -3.13. The van der Waals surface area contributed by atoms with Crippen LogP contribution in [-0.4, -0.2) is 53.5 Å². The van der Waals surface area contributed by atoms with Gasteiger partial charge in [-0.2, -0.15) is 0 Å². The standard InChI is InChI=1S/C20H23N3OS2/c24-19(17-1-3-18(4-2-17)20-25-13-14-26-20)23-11-9-22(10-12-23)15-16-5-7-21-8-6-16/h1-8,20H,9-15H2/p+1. The lowest BCUT2D eigenvalue weighted by atomic mass is 10.1. The zero-order chi connectivity index (χ0) is 17.8. The van der Waals surface area contributed by atoms with Crippen molar-refractivity contribution in [3.8, 4) is 0 Å². The van der Waals surface area contributed by atoms with Gasteiger partial charge in [0.05, 0.1) is 30.8 Å². The van der Waals surface area contributed by atoms with Gasteiger partial charge in [-0.3, -0.25) is 9.78 Å². The largest absolute Gasteiger partial charge is 0.328 e. The molecular weight excluding hydrogens is 362 g/mol. The van der Waals surface area contributed by atoms with Crippen LogP contribution < -0.4 is 4.90 Å². The fourth-order valence-corrected chi connectivity index (χ4v) is 6.37. The number of carbonyl (C=O) groups is 1. The van der Waals surface area contributed by atoms with Crippen LogP contribution >= 0.6 is 23.5 Å². The molecule has 4 nitrogen and oxygen atoms in total. The molecule has 2 saturated heterocycles. The summed E-state index contributed by atoms with van der Waals surface area (Å²) in [7, 11) is 0. The summed E-state index contributed by atoms with van der Waals surface area (Å²) in [6, 6.07) is 12.4. The van der Waals surface area contributed by atoms with Gasteiger partial charge in [-0.15, -0.1) is 23.5 Å². The van der Waals surface area contributed by atoms with Crippen molar-refractivity contribution in [1.82, 2.24) is 9.88 Å². The van der Waals surface area contributed by atoms with Crippen LogP contribution in [0.15, 0.2) is 48.8 Å². The third-order valence-corrected chi connectivity index (χ3v) is 8.12. The Kier molecular flexibility index (Phi) is 5.82. The molecule has 0 atom stereocenters. The van der Waals surface area contributed by atoms with Crippen molar-refractivity contribution in [2.24, 2.45) is 0 Å². The fourth-order valence-electron chi connectivity index (χ4n) is 3.51. The molecule has 2 fully saturated rings. The first-order valence-corrected chi connectivity index (χ1v) is 11.2. The molecule has 0 aliphatic carbocycles. The first kappa shape index (κ1) is 17.9. The van der Waals surface area contributed by atoms with Crippen molar-refractivity contribution in [2.45, 2.75) is 11.1 Å². The normalized spacial score (nSPS) is 19.0. The minimum atomic E-state index is 0.172. The summed E-state index contributed by atoms with van der Waals surface area (Å²) in [5, 5.41) is 0. The number of hydrogen-bond donors (Lipinski definition) is 1. The number of hydrogen-bond acceptors (Lipinski definition) is 4. The van der Waals surface area contributed by atoms with Gasteiger partial charge in [0.25, 0.3) is 5.91 Å². The lowest BCUT2D eigenvalue weighted by Gasteiger charge is -2.32. The van der Waals surface area contributed by atoms with E-state index in [2.05, 4.69) is 29.2 Å². The Morgan fingerprint density at radius 2 is 1.69 bits per heavy atom. The molecular formula is C20H24N3OS2+. The minimum absolute atomic E-state index is 0.172. The third kappa shape index (κ3) is 4.24. The van der Waals surface area contributed by atoms with Crippen molar-refractivity contribution in [1.29, 1.82) is 0 Å². The molecule has 0 unspecified atom stereocenters. The molecule has 0 radical (unpaired) electrons. The topological polar surface area (TPSA) is 37.6 Å². The molecule has 26 heavy (non-hydrogen) atoms. The fraction of sp³-hybridized carbons (Fsp3) is 0.400. The minimum Gasteiger partial charge on any atom is -0.328 e. The quantitative estimate of drug-likeness (QED) is 0.873. The molecule has 2 aromatic rings. The van der Waals surface area contributed by atoms with Crippen molar-refractivity contribution in [3.05, 3.63) is 65.5 Å². The van der Waals surface area contributed by atoms with E-state index in [0.29, 0.717) is 4.58 Å². The number of rotatable bonds is 4. The molecule has 1 amide bonds. The van der Waals surface area contributed by atoms with Crippen LogP contribution in [0.5, 0.6) is 0 Å². The average Bonchev–Trinajstić information content (AvgIpc) is 3.24. The SMILES string of the molecule is O=C(c1ccc(C2SCCS2)cc1)N1CC[NH+](Cc2ccncc2)CC1. The number of amides is 1. The molecule has 3 heterocycles. The number of piperazine rings is 1. The summed E-state index contributed by atoms with van der Waals surface area (Å²) < 4.78 is 0.541. The highest BCUT2D eigenvalue weighted by Crippen LogP contribution is 2.45. The van der Waals surface area contributed by atoms with E-state index in [4.69, 9.17) is 0 Å². The number of nitrogens with one attached hydrogen (secondary N) is 1. The van der Waals surface area contributed by atoms with Gasteiger partial charge in [0.15, 0.2) is 0 Å². The van der Waals surface area contributed by atoms with E-state index in [9.17, 15) is 4.79 Å². The van der Waals surface area contributed by atoms with E-state index in [1.54, 1.807) is 0 Å². The Labute approximate surface area is 163 Å². The molecule has 0 spiro atoms. The summed E-state index contributed by atoms with van der Waals surface area (Å²) in [5.74, 6) is 2.62. The molecule has 1 N–H and O–H groups in total. The average molecular weight is 387 g/mol. The van der Waals surface area contributed by atoms with Crippen LogP contribution in [0.2, 0.25) is 0 Å². The molecule has 0 saturated carbocycles. The maximum Gasteiger partial charge on any atom is 0.254 e. The summed E-state index contributed by atoms with van der Waals surface area (Å²) in [4.78, 5) is 20.4. The lowest BCUT2D eigenvalue weighted by molar-refractivity contribution is -0.917. The van der Waals surface area contributed by atoms with Crippen LogP contribution in [0, 0.1) is 0 Å². The highest BCUT2D eigenvalue weighted by Gasteiger charge is 2.25. The summed E-state index contributed by atoms with van der Waals surface area (Å²) in [6.07, 6.45) is 3.70. The molecule has 4 rings (SSSR count). The van der Waals surface area contributed by atoms with Gasteiger partial charge >= 0.3 is 0 Å². The maximum atomic E-state index is 12.8. The summed E-state index contributed by atoms with van der Waals surface area (Å²) in [5.41, 5.74) is 3.47. The van der Waals surface area contributed by atoms with Gasteiger partial charge < -0.3 is 9.80 Å². The number of carbonyl (C=O) groups excluding carboxylic acids is 1. The second-order valence-electron chi connectivity index (χ2n) is 6.77. The first-order valence-electron chi connectivity index (χ1n) is 9.14. The van der Waals surface area contributed by atoms with Gasteiger partial charge in [0.2, 0.25) is 0 Å². The van der Waals surface area contributed by atoms with Crippen LogP contribution in [0.3, 0.4) is 0 Å². The van der Waals surface area contributed by atoms with Crippen LogP contribution in [-0.2, 0) is 6.54 Å². The second kappa shape index (κ2) is 8.46. The number of quaternary nitrogens is 1. The molecule has 0 bridgehead atoms. The van der Waals surface area contributed by atoms with Gasteiger partial charge in [-0.1, -0.05) is 12.1 Å². The summed E-state index contributed by atoms with van der Waals surface area (Å²) >= 11 is 4.00. The van der Waals surface area contributed by atoms with E-state index in [1.807, 2.05) is 53.0 Å². The Bertz CT molecular complexity index is 724. The van der Waals surface area contributed by atoms with Crippen LogP contribution in [0.4, 0.5) is 0 Å². The monoisotopic (exact) mass is 386 g/mol. The molecule has 2 aliphatic rings. The molecule has 6 heteroatoms. The smallest absolute Gasteiger partial charge is 0.254 e. The molecule has 1 aromatic heterocycles. The predicted octanol–water partition coefficient (Wildman–Crippen LogP) is 2.10. The van der Waals surface area contributed by atoms with Crippen molar-refractivity contribution < 1.29 is 9.69 Å². The number of thioether (sulfide) groups is 2. The van der Waals surface area contributed by atoms with E-state index >= 15 is 0 Å². The van der Waals surface area contributed by atoms with Crippen molar-refractivity contribution in [3.63, 3.8) is 0 Å². The Morgan fingerprint density at radius 3 is 2.35 bits per heavy atom. The van der Waals surface area contributed by atoms with E-state index in [0.717, 1.165) is 38.3 Å². The molecule has 2 aliphatic heterocycles. The van der Waals surface area contributed by atoms with Gasteiger partial charge in [-0.05, 0) is 29.8 Å². The zero-order valence-electron chi connectivity index (χ0n) is 14.8. The van der Waals surface area contributed by atoms with Gasteiger partial charge in [0, 0.05) is 35.0 Å². The maximum absolute atomic E-state index is 12.8. The van der Waals surface area contributed by atoms with Crippen molar-refractivity contribution in [2.75, 3.05) is 37.7 Å².